The molecule has 1 aromatic rings. The number of nitrogens with zero attached hydrogens (tertiary/aromatic N) is 3. The van der Waals surface area contributed by atoms with Gasteiger partial charge in [0, 0.05) is 44.8 Å². The van der Waals surface area contributed by atoms with Crippen molar-refractivity contribution in [2.75, 3.05) is 39.3 Å². The zero-order valence-electron chi connectivity index (χ0n) is 27.8. The topological polar surface area (TPSA) is 70.2 Å². The number of piperazine rings is 1. The summed E-state index contributed by atoms with van der Waals surface area (Å²) in [6, 6.07) is 5.75. The van der Waals surface area contributed by atoms with Crippen molar-refractivity contribution < 1.29 is 19.1 Å². The first-order chi connectivity index (χ1) is 19.1. The molecule has 41 heavy (non-hydrogen) atoms. The predicted molar refractivity (Wildman–Crippen MR) is 168 cm³/mol. The number of carbonyl (C=O) groups excluding carboxylic acids is 3. The number of hydrogen-bond acceptors (Lipinski definition) is 5. The third kappa shape index (κ3) is 7.22. The zero-order valence-corrected chi connectivity index (χ0v) is 27.8. The van der Waals surface area contributed by atoms with Gasteiger partial charge in [0.1, 0.15) is 5.60 Å². The summed E-state index contributed by atoms with van der Waals surface area (Å²) in [7, 11) is 0. The molecule has 0 N–H and O–H groups in total. The lowest BCUT2D eigenvalue weighted by atomic mass is 9.65. The van der Waals surface area contributed by atoms with E-state index in [-0.39, 0.29) is 28.7 Å². The van der Waals surface area contributed by atoms with Crippen LogP contribution in [0.5, 0.6) is 0 Å². The molecule has 7 nitrogen and oxygen atoms in total. The molecule has 1 unspecified atom stereocenters. The van der Waals surface area contributed by atoms with Gasteiger partial charge < -0.3 is 9.64 Å². The summed E-state index contributed by atoms with van der Waals surface area (Å²) in [6.45, 7) is 28.3. The highest BCUT2D eigenvalue weighted by Crippen LogP contribution is 2.46. The van der Waals surface area contributed by atoms with E-state index in [4.69, 9.17) is 4.74 Å². The lowest BCUT2D eigenvalue weighted by molar-refractivity contribution is -0.137. The molecule has 3 amide bonds. The Morgan fingerprint density at radius 3 is 2.00 bits per heavy atom. The van der Waals surface area contributed by atoms with Crippen LogP contribution < -0.4 is 0 Å². The SMILES string of the molecule is CC.CC.CC(C)(C)OC(=O)N1CCN(CC(C)(C)C(C)(C)CN2C(=O)c3cccc4c3C(C)(CC=C4)C2=O)CC1. The van der Waals surface area contributed by atoms with E-state index in [9.17, 15) is 14.4 Å². The van der Waals surface area contributed by atoms with E-state index in [0.29, 0.717) is 31.6 Å². The Hall–Kier alpha value is -2.67. The lowest BCUT2D eigenvalue weighted by Gasteiger charge is -2.50. The molecule has 3 aliphatic rings. The molecular weight excluding hydrogens is 514 g/mol. The van der Waals surface area contributed by atoms with Crippen LogP contribution in [0.4, 0.5) is 4.79 Å². The Morgan fingerprint density at radius 1 is 0.878 bits per heavy atom. The average molecular weight is 570 g/mol. The van der Waals surface area contributed by atoms with E-state index in [1.54, 1.807) is 4.90 Å². The third-order valence-electron chi connectivity index (χ3n) is 8.69. The van der Waals surface area contributed by atoms with Gasteiger partial charge in [-0.1, -0.05) is 79.7 Å². The zero-order chi connectivity index (χ0) is 31.4. The molecule has 0 radical (unpaired) electrons. The number of imide groups is 1. The number of amides is 3. The van der Waals surface area contributed by atoms with Gasteiger partial charge in [-0.25, -0.2) is 4.79 Å². The van der Waals surface area contributed by atoms with Gasteiger partial charge >= 0.3 is 6.09 Å². The lowest BCUT2D eigenvalue weighted by Crippen LogP contribution is -2.59. The highest BCUT2D eigenvalue weighted by atomic mass is 16.6. The summed E-state index contributed by atoms with van der Waals surface area (Å²) in [6.07, 6.45) is 4.41. The normalized spacial score (nSPS) is 20.9. The van der Waals surface area contributed by atoms with Gasteiger partial charge in [-0.2, -0.15) is 0 Å². The fourth-order valence-corrected chi connectivity index (χ4v) is 5.70. The number of carbonyl (C=O) groups is 3. The second-order valence-electron chi connectivity index (χ2n) is 13.4. The summed E-state index contributed by atoms with van der Waals surface area (Å²) in [5.41, 5.74) is 0.745. The molecule has 2 heterocycles. The van der Waals surface area contributed by atoms with Crippen molar-refractivity contribution >= 4 is 24.0 Å². The molecule has 1 saturated heterocycles. The van der Waals surface area contributed by atoms with E-state index in [2.05, 4.69) is 32.6 Å². The first-order valence-electron chi connectivity index (χ1n) is 15.4. The number of rotatable bonds is 5. The quantitative estimate of drug-likeness (QED) is 0.357. The molecular formula is C34H55N3O4. The summed E-state index contributed by atoms with van der Waals surface area (Å²) < 4.78 is 5.53. The van der Waals surface area contributed by atoms with Crippen LogP contribution in [0.25, 0.3) is 6.08 Å². The number of ether oxygens (including phenoxy) is 1. The fraction of sp³-hybridized carbons (Fsp3) is 0.676. The van der Waals surface area contributed by atoms with E-state index >= 15 is 0 Å². The maximum absolute atomic E-state index is 13.8. The molecule has 230 valence electrons. The molecule has 4 rings (SSSR count). The Labute approximate surface area is 249 Å². The number of hydrogen-bond donors (Lipinski definition) is 0. The minimum atomic E-state index is -0.715. The summed E-state index contributed by atoms with van der Waals surface area (Å²) >= 11 is 0. The summed E-state index contributed by atoms with van der Waals surface area (Å²) in [5, 5.41) is 0. The molecule has 0 aromatic heterocycles. The van der Waals surface area contributed by atoms with Gasteiger partial charge in [-0.15, -0.1) is 0 Å². The van der Waals surface area contributed by atoms with Gasteiger partial charge in [0.05, 0.1) is 5.41 Å². The van der Waals surface area contributed by atoms with Crippen LogP contribution in [0.1, 0.15) is 111 Å². The van der Waals surface area contributed by atoms with Crippen LogP contribution in [-0.4, -0.2) is 77.5 Å². The van der Waals surface area contributed by atoms with E-state index in [1.807, 2.05) is 85.7 Å². The van der Waals surface area contributed by atoms with Crippen molar-refractivity contribution in [3.63, 3.8) is 0 Å². The molecule has 0 bridgehead atoms. The molecule has 1 atom stereocenters. The second-order valence-corrected chi connectivity index (χ2v) is 13.4. The van der Waals surface area contributed by atoms with Crippen molar-refractivity contribution in [3.8, 4) is 0 Å². The maximum atomic E-state index is 13.8. The Morgan fingerprint density at radius 2 is 1.44 bits per heavy atom. The standard InChI is InChI=1S/C30H43N3O4.2C2H6/c1-27(2,3)37-26(36)32-17-15-31(16-18-32)19-28(4,5)29(6,7)20-33-24(34)22-13-9-11-21-12-10-14-30(8,23(21)22)25(33)35;2*1-2/h9-13H,14-20H2,1-8H3;2*1-2H3. The fourth-order valence-electron chi connectivity index (χ4n) is 5.70. The Kier molecular flexibility index (Phi) is 11.0. The van der Waals surface area contributed by atoms with Crippen molar-refractivity contribution in [2.45, 2.75) is 101 Å². The smallest absolute Gasteiger partial charge is 0.410 e. The monoisotopic (exact) mass is 569 g/mol. The van der Waals surface area contributed by atoms with E-state index in [0.717, 1.165) is 30.8 Å². The van der Waals surface area contributed by atoms with Crippen LogP contribution in [0.2, 0.25) is 0 Å². The first-order valence-corrected chi connectivity index (χ1v) is 15.4. The summed E-state index contributed by atoms with van der Waals surface area (Å²) in [5.74, 6) is -0.291. The molecule has 2 aliphatic heterocycles. The Balaban J connectivity index is 0.00000141. The molecule has 0 spiro atoms. The van der Waals surface area contributed by atoms with Crippen LogP contribution in [0.15, 0.2) is 24.3 Å². The van der Waals surface area contributed by atoms with Crippen molar-refractivity contribution in [3.05, 3.63) is 41.0 Å². The van der Waals surface area contributed by atoms with Gasteiger partial charge in [-0.3, -0.25) is 19.4 Å². The third-order valence-corrected chi connectivity index (χ3v) is 8.69. The molecule has 0 saturated carbocycles. The highest BCUT2D eigenvalue weighted by molar-refractivity contribution is 6.14. The van der Waals surface area contributed by atoms with E-state index in [1.165, 1.54) is 4.90 Å². The molecule has 1 fully saturated rings. The van der Waals surface area contributed by atoms with Crippen LogP contribution in [0, 0.1) is 10.8 Å². The molecule has 1 aromatic carbocycles. The minimum absolute atomic E-state index is 0.100. The van der Waals surface area contributed by atoms with Crippen LogP contribution >= 0.6 is 0 Å². The molecule has 1 aliphatic carbocycles. The minimum Gasteiger partial charge on any atom is -0.444 e. The van der Waals surface area contributed by atoms with Gasteiger partial charge in [0.25, 0.3) is 5.91 Å². The molecule has 7 heteroatoms. The second kappa shape index (κ2) is 13.1. The van der Waals surface area contributed by atoms with E-state index < -0.39 is 11.0 Å². The highest BCUT2D eigenvalue weighted by Gasteiger charge is 2.51. The first kappa shape index (κ1) is 34.5. The van der Waals surface area contributed by atoms with Crippen LogP contribution in [-0.2, 0) is 14.9 Å². The largest absolute Gasteiger partial charge is 0.444 e. The summed E-state index contributed by atoms with van der Waals surface area (Å²) in [4.78, 5) is 45.6. The van der Waals surface area contributed by atoms with Gasteiger partial charge in [0.15, 0.2) is 0 Å². The maximum Gasteiger partial charge on any atom is 0.410 e. The number of benzene rings is 1. The van der Waals surface area contributed by atoms with Gasteiger partial charge in [0.2, 0.25) is 5.91 Å². The van der Waals surface area contributed by atoms with Crippen molar-refractivity contribution in [1.82, 2.24) is 14.7 Å². The van der Waals surface area contributed by atoms with Gasteiger partial charge in [-0.05, 0) is 62.1 Å². The van der Waals surface area contributed by atoms with Crippen LogP contribution in [0.3, 0.4) is 0 Å². The number of allylic oxidation sites excluding steroid dienone is 1. The van der Waals surface area contributed by atoms with Crippen molar-refractivity contribution in [2.24, 2.45) is 10.8 Å². The predicted octanol–water partition coefficient (Wildman–Crippen LogP) is 7.00. The average Bonchev–Trinajstić information content (AvgIpc) is 2.91. The van der Waals surface area contributed by atoms with Crippen molar-refractivity contribution in [1.29, 1.82) is 0 Å². The Bertz CT molecular complexity index is 1120.